The van der Waals surface area contributed by atoms with Crippen molar-refractivity contribution in [3.8, 4) is 0 Å². The molecule has 0 radical (unpaired) electrons. The van der Waals surface area contributed by atoms with E-state index in [0.29, 0.717) is 0 Å². The summed E-state index contributed by atoms with van der Waals surface area (Å²) in [5.41, 5.74) is 0. The van der Waals surface area contributed by atoms with Crippen LogP contribution in [0.25, 0.3) is 0 Å². The second kappa shape index (κ2) is 21.7. The molecule has 0 aliphatic carbocycles. The number of hydrogen-bond donors (Lipinski definition) is 0. The Hall–Kier alpha value is -0.300. The average molecular weight is 325 g/mol. The Balaban J connectivity index is 3.02. The quantitative estimate of drug-likeness (QED) is 0.174. The Bertz CT molecular complexity index is 222. The van der Waals surface area contributed by atoms with Gasteiger partial charge in [-0.05, 0) is 38.5 Å². The summed E-state index contributed by atoms with van der Waals surface area (Å²) in [6, 6.07) is 0. The van der Waals surface area contributed by atoms with Crippen LogP contribution in [0, 0.1) is 0 Å². The van der Waals surface area contributed by atoms with Crippen molar-refractivity contribution in [3.63, 3.8) is 0 Å². The number of unbranched alkanes of at least 4 members (excludes halogenated alkanes) is 13. The molecule has 0 aliphatic rings. The zero-order chi connectivity index (χ0) is 16.8. The Morgan fingerprint density at radius 3 is 1.48 bits per heavy atom. The minimum atomic E-state index is 0.937. The van der Waals surface area contributed by atoms with Gasteiger partial charge in [0, 0.05) is 13.2 Å². The second-order valence-corrected chi connectivity index (χ2v) is 6.90. The van der Waals surface area contributed by atoms with Gasteiger partial charge in [-0.1, -0.05) is 90.2 Å². The fourth-order valence-electron chi connectivity index (χ4n) is 2.87. The molecule has 23 heavy (non-hydrogen) atoms. The zero-order valence-electron chi connectivity index (χ0n) is 16.3. The lowest BCUT2D eigenvalue weighted by molar-refractivity contribution is 0.130. The maximum Gasteiger partial charge on any atom is 0.0466 e. The minimum Gasteiger partial charge on any atom is -0.381 e. The van der Waals surface area contributed by atoms with Crippen LogP contribution in [0.15, 0.2) is 12.2 Å². The third-order valence-corrected chi connectivity index (χ3v) is 4.40. The molecule has 0 spiro atoms. The van der Waals surface area contributed by atoms with Crippen LogP contribution in [0.5, 0.6) is 0 Å². The first-order valence-electron chi connectivity index (χ1n) is 10.6. The van der Waals surface area contributed by atoms with E-state index in [4.69, 9.17) is 4.74 Å². The summed E-state index contributed by atoms with van der Waals surface area (Å²) < 4.78 is 5.50. The molecule has 1 heteroatoms. The van der Waals surface area contributed by atoms with Gasteiger partial charge in [-0.2, -0.15) is 0 Å². The molecule has 0 fully saturated rings. The normalized spacial score (nSPS) is 11.6. The van der Waals surface area contributed by atoms with Crippen molar-refractivity contribution < 1.29 is 4.74 Å². The molecule has 0 N–H and O–H groups in total. The number of allylic oxidation sites excluding steroid dienone is 2. The predicted octanol–water partition coefficient (Wildman–Crippen LogP) is 7.84. The topological polar surface area (TPSA) is 9.23 Å². The van der Waals surface area contributed by atoms with Crippen LogP contribution in [0.1, 0.15) is 117 Å². The standard InChI is InChI=1S/C22H44O/c1-3-5-6-7-8-9-10-11-12-13-14-15-16-17-18-19-20-22-23-21-4-2/h11-12H,3-10,13-22H2,1-2H3/b12-11-. The highest BCUT2D eigenvalue weighted by Crippen LogP contribution is 2.10. The molecular formula is C22H44O. The monoisotopic (exact) mass is 324 g/mol. The highest BCUT2D eigenvalue weighted by atomic mass is 16.5. The van der Waals surface area contributed by atoms with Gasteiger partial charge in [0.1, 0.15) is 0 Å². The Labute approximate surface area is 147 Å². The molecule has 0 unspecified atom stereocenters. The minimum absolute atomic E-state index is 0.937. The van der Waals surface area contributed by atoms with Gasteiger partial charge in [0.05, 0.1) is 0 Å². The van der Waals surface area contributed by atoms with Gasteiger partial charge in [-0.3, -0.25) is 0 Å². The number of rotatable bonds is 19. The van der Waals surface area contributed by atoms with Crippen LogP contribution in [-0.2, 0) is 4.74 Å². The van der Waals surface area contributed by atoms with Crippen LogP contribution in [0.4, 0.5) is 0 Å². The summed E-state index contributed by atoms with van der Waals surface area (Å²) >= 11 is 0. The lowest BCUT2D eigenvalue weighted by Crippen LogP contribution is -1.95. The fourth-order valence-corrected chi connectivity index (χ4v) is 2.87. The van der Waals surface area contributed by atoms with Crippen molar-refractivity contribution in [3.05, 3.63) is 12.2 Å². The Morgan fingerprint density at radius 1 is 0.478 bits per heavy atom. The summed E-state index contributed by atoms with van der Waals surface area (Å²) in [5, 5.41) is 0. The zero-order valence-corrected chi connectivity index (χ0v) is 16.3. The summed E-state index contributed by atoms with van der Waals surface area (Å²) in [4.78, 5) is 0. The third-order valence-electron chi connectivity index (χ3n) is 4.40. The van der Waals surface area contributed by atoms with Gasteiger partial charge >= 0.3 is 0 Å². The third kappa shape index (κ3) is 21.7. The summed E-state index contributed by atoms with van der Waals surface area (Å²) in [6.07, 6.45) is 26.6. The molecule has 1 nitrogen and oxygen atoms in total. The molecule has 0 saturated heterocycles. The first-order chi connectivity index (χ1) is 11.4. The van der Waals surface area contributed by atoms with Crippen molar-refractivity contribution in [2.75, 3.05) is 13.2 Å². The molecule has 138 valence electrons. The van der Waals surface area contributed by atoms with Crippen LogP contribution in [-0.4, -0.2) is 13.2 Å². The van der Waals surface area contributed by atoms with Crippen molar-refractivity contribution in [1.29, 1.82) is 0 Å². The van der Waals surface area contributed by atoms with Crippen LogP contribution in [0.2, 0.25) is 0 Å². The van der Waals surface area contributed by atoms with E-state index >= 15 is 0 Å². The molecule has 0 aromatic heterocycles. The molecule has 0 saturated carbocycles. The van der Waals surface area contributed by atoms with Crippen LogP contribution < -0.4 is 0 Å². The van der Waals surface area contributed by atoms with E-state index in [-0.39, 0.29) is 0 Å². The molecule has 0 bridgehead atoms. The Morgan fingerprint density at radius 2 is 0.957 bits per heavy atom. The van der Waals surface area contributed by atoms with Gasteiger partial charge in [0.2, 0.25) is 0 Å². The number of ether oxygens (including phenoxy) is 1. The molecule has 0 heterocycles. The van der Waals surface area contributed by atoms with Gasteiger partial charge < -0.3 is 4.74 Å². The first kappa shape index (κ1) is 22.7. The summed E-state index contributed by atoms with van der Waals surface area (Å²) in [5.74, 6) is 0. The summed E-state index contributed by atoms with van der Waals surface area (Å²) in [6.45, 7) is 6.36. The first-order valence-corrected chi connectivity index (χ1v) is 10.6. The second-order valence-electron chi connectivity index (χ2n) is 6.90. The molecule has 0 rings (SSSR count). The van der Waals surface area contributed by atoms with Crippen LogP contribution >= 0.6 is 0 Å². The summed E-state index contributed by atoms with van der Waals surface area (Å²) in [7, 11) is 0. The predicted molar refractivity (Wildman–Crippen MR) is 105 cm³/mol. The molecule has 0 amide bonds. The average Bonchev–Trinajstić information content (AvgIpc) is 2.57. The van der Waals surface area contributed by atoms with Crippen LogP contribution in [0.3, 0.4) is 0 Å². The van der Waals surface area contributed by atoms with E-state index in [1.165, 1.54) is 96.3 Å². The van der Waals surface area contributed by atoms with E-state index in [1.54, 1.807) is 0 Å². The molecule has 0 aliphatic heterocycles. The maximum atomic E-state index is 5.50. The van der Waals surface area contributed by atoms with Crippen molar-refractivity contribution in [2.45, 2.75) is 117 Å². The van der Waals surface area contributed by atoms with E-state index < -0.39 is 0 Å². The highest BCUT2D eigenvalue weighted by molar-refractivity contribution is 4.81. The van der Waals surface area contributed by atoms with Gasteiger partial charge in [-0.15, -0.1) is 0 Å². The molecule has 0 aromatic rings. The fraction of sp³-hybridized carbons (Fsp3) is 0.909. The largest absolute Gasteiger partial charge is 0.381 e. The van der Waals surface area contributed by atoms with Crippen molar-refractivity contribution >= 4 is 0 Å². The van der Waals surface area contributed by atoms with E-state index in [0.717, 1.165) is 19.6 Å². The van der Waals surface area contributed by atoms with Gasteiger partial charge in [0.25, 0.3) is 0 Å². The lowest BCUT2D eigenvalue weighted by atomic mass is 10.1. The van der Waals surface area contributed by atoms with E-state index in [1.807, 2.05) is 0 Å². The van der Waals surface area contributed by atoms with Crippen molar-refractivity contribution in [1.82, 2.24) is 0 Å². The van der Waals surface area contributed by atoms with E-state index in [2.05, 4.69) is 26.0 Å². The lowest BCUT2D eigenvalue weighted by Gasteiger charge is -2.03. The smallest absolute Gasteiger partial charge is 0.0466 e. The molecular weight excluding hydrogens is 280 g/mol. The molecule has 0 aromatic carbocycles. The SMILES string of the molecule is CCCCCCCC/C=C\CCCCCCCCCOCCC. The molecule has 0 atom stereocenters. The van der Waals surface area contributed by atoms with Gasteiger partial charge in [-0.25, -0.2) is 0 Å². The van der Waals surface area contributed by atoms with Crippen molar-refractivity contribution in [2.24, 2.45) is 0 Å². The number of hydrogen-bond acceptors (Lipinski definition) is 1. The highest BCUT2D eigenvalue weighted by Gasteiger charge is 1.92. The maximum absolute atomic E-state index is 5.50. The Kier molecular flexibility index (Phi) is 21.4. The van der Waals surface area contributed by atoms with Gasteiger partial charge in [0.15, 0.2) is 0 Å². The van der Waals surface area contributed by atoms with E-state index in [9.17, 15) is 0 Å².